The Morgan fingerprint density at radius 2 is 1.16 bits per heavy atom. The number of carbonyl (C=O) groups excluding carboxylic acids is 1. The predicted molar refractivity (Wildman–Crippen MR) is 127 cm³/mol. The van der Waals surface area contributed by atoms with Crippen LogP contribution in [0.3, 0.4) is 0 Å². The average molecular weight is 414 g/mol. The van der Waals surface area contributed by atoms with Crippen LogP contribution in [0.4, 0.5) is 21.9 Å². The molecule has 31 heavy (non-hydrogen) atoms. The summed E-state index contributed by atoms with van der Waals surface area (Å²) in [5, 5.41) is 7.43. The van der Waals surface area contributed by atoms with Gasteiger partial charge in [0.15, 0.2) is 0 Å². The van der Waals surface area contributed by atoms with E-state index in [4.69, 9.17) is 0 Å². The minimum absolute atomic E-state index is 0.320. The van der Waals surface area contributed by atoms with E-state index in [1.807, 2.05) is 74.5 Å². The van der Waals surface area contributed by atoms with E-state index in [0.717, 1.165) is 16.7 Å². The van der Waals surface area contributed by atoms with Crippen LogP contribution >= 0.6 is 0 Å². The molecule has 0 spiro atoms. The number of urea groups is 1. The number of hydrogen-bond donors (Lipinski definition) is 0. The van der Waals surface area contributed by atoms with Crippen LogP contribution in [-0.4, -0.2) is 33.0 Å². The molecule has 4 rings (SSSR count). The average Bonchev–Trinajstić information content (AvgIpc) is 2.75. The van der Waals surface area contributed by atoms with Crippen LogP contribution in [0.5, 0.6) is 0 Å². The highest BCUT2D eigenvalue weighted by molar-refractivity contribution is 6.12. The maximum Gasteiger partial charge on any atom is 0.370 e. The molecule has 1 radical (unpaired) electrons. The molecule has 0 unspecified atom stereocenters. The SMILES string of the molecule is Cc1ccc(N2[N]C(c3ccc([N+](C)(C)C)cc3)=NN(c3ccc(C)cc3)C2=O)cc1. The summed E-state index contributed by atoms with van der Waals surface area (Å²) in [5.41, 5.74) is 10.3. The number of carbonyl (C=O) groups is 1. The van der Waals surface area contributed by atoms with E-state index >= 15 is 0 Å². The van der Waals surface area contributed by atoms with Gasteiger partial charge in [0.1, 0.15) is 5.69 Å². The van der Waals surface area contributed by atoms with Gasteiger partial charge in [-0.2, -0.15) is 10.0 Å². The molecule has 1 aliphatic heterocycles. The van der Waals surface area contributed by atoms with Gasteiger partial charge in [-0.15, -0.1) is 10.5 Å². The second-order valence-electron chi connectivity index (χ2n) is 8.66. The fraction of sp³-hybridized carbons (Fsp3) is 0.200. The second-order valence-corrected chi connectivity index (χ2v) is 8.66. The molecule has 0 saturated carbocycles. The first-order valence-electron chi connectivity index (χ1n) is 10.2. The Morgan fingerprint density at radius 1 is 0.677 bits per heavy atom. The number of benzene rings is 3. The molecule has 0 atom stereocenters. The molecular weight excluding hydrogens is 386 g/mol. The number of aryl methyl sites for hydroxylation is 2. The van der Waals surface area contributed by atoms with Gasteiger partial charge in [-0.25, -0.2) is 4.79 Å². The van der Waals surface area contributed by atoms with Crippen LogP contribution in [0.2, 0.25) is 0 Å². The lowest BCUT2D eigenvalue weighted by atomic mass is 10.1. The van der Waals surface area contributed by atoms with Crippen molar-refractivity contribution in [1.82, 2.24) is 9.91 Å². The zero-order valence-corrected chi connectivity index (χ0v) is 18.6. The Balaban J connectivity index is 1.76. The van der Waals surface area contributed by atoms with Crippen molar-refractivity contribution in [2.24, 2.45) is 5.10 Å². The minimum atomic E-state index is -0.320. The van der Waals surface area contributed by atoms with Crippen molar-refractivity contribution in [2.45, 2.75) is 13.8 Å². The minimum Gasteiger partial charge on any atom is -0.298 e. The number of rotatable bonds is 4. The zero-order valence-electron chi connectivity index (χ0n) is 18.6. The van der Waals surface area contributed by atoms with E-state index in [0.29, 0.717) is 21.7 Å². The van der Waals surface area contributed by atoms with Gasteiger partial charge < -0.3 is 0 Å². The van der Waals surface area contributed by atoms with Gasteiger partial charge in [-0.05, 0) is 62.4 Å². The molecule has 0 N–H and O–H groups in total. The number of amides is 2. The lowest BCUT2D eigenvalue weighted by molar-refractivity contribution is 0.249. The summed E-state index contributed by atoms with van der Waals surface area (Å²) in [7, 11) is 6.36. The van der Waals surface area contributed by atoms with Crippen molar-refractivity contribution in [1.29, 1.82) is 0 Å². The molecular formula is C25H27N5O+. The Bertz CT molecular complexity index is 1110. The largest absolute Gasteiger partial charge is 0.370 e. The monoisotopic (exact) mass is 413 g/mol. The number of hydrogen-bond acceptors (Lipinski definition) is 2. The van der Waals surface area contributed by atoms with E-state index in [1.54, 1.807) is 0 Å². The molecule has 6 nitrogen and oxygen atoms in total. The third kappa shape index (κ3) is 4.29. The summed E-state index contributed by atoms with van der Waals surface area (Å²) in [6.45, 7) is 4.03. The normalized spacial score (nSPS) is 14.4. The molecule has 3 aromatic carbocycles. The maximum absolute atomic E-state index is 13.3. The topological polar surface area (TPSA) is 50.0 Å². The van der Waals surface area contributed by atoms with E-state index in [1.165, 1.54) is 15.7 Å². The molecule has 0 aliphatic carbocycles. The Hall–Kier alpha value is -3.64. The van der Waals surface area contributed by atoms with E-state index in [9.17, 15) is 4.79 Å². The number of hydrazone groups is 1. The first-order valence-corrected chi connectivity index (χ1v) is 10.2. The molecule has 0 bridgehead atoms. The van der Waals surface area contributed by atoms with Crippen molar-refractivity contribution in [2.75, 3.05) is 31.2 Å². The highest BCUT2D eigenvalue weighted by Crippen LogP contribution is 2.26. The molecule has 3 aromatic rings. The quantitative estimate of drug-likeness (QED) is 0.565. The van der Waals surface area contributed by atoms with Crippen LogP contribution in [-0.2, 0) is 0 Å². The molecule has 1 heterocycles. The van der Waals surface area contributed by atoms with Gasteiger partial charge in [0.25, 0.3) is 0 Å². The number of anilines is 2. The lowest BCUT2D eigenvalue weighted by Gasteiger charge is -2.32. The number of amidine groups is 1. The number of quaternary nitrogens is 1. The summed E-state index contributed by atoms with van der Waals surface area (Å²) in [5.74, 6) is 0.480. The smallest absolute Gasteiger partial charge is 0.298 e. The fourth-order valence-electron chi connectivity index (χ4n) is 3.27. The zero-order chi connectivity index (χ0) is 22.2. The van der Waals surface area contributed by atoms with Crippen molar-refractivity contribution in [3.8, 4) is 0 Å². The Labute approximate surface area is 183 Å². The van der Waals surface area contributed by atoms with Crippen molar-refractivity contribution in [3.05, 3.63) is 89.5 Å². The third-order valence-corrected chi connectivity index (χ3v) is 5.21. The lowest BCUT2D eigenvalue weighted by Crippen LogP contribution is -2.52. The van der Waals surface area contributed by atoms with Gasteiger partial charge >= 0.3 is 6.03 Å². The van der Waals surface area contributed by atoms with Gasteiger partial charge in [0.2, 0.25) is 5.84 Å². The van der Waals surface area contributed by atoms with Crippen molar-refractivity contribution < 1.29 is 4.79 Å². The standard InChI is InChI=1S/C25H27N5O/c1-18-6-12-21(13-7-18)28-25(31)29(22-14-8-19(2)9-15-22)27-24(26-28)20-10-16-23(17-11-20)30(3,4)5/h6-17H,1-5H3/q+1. The highest BCUT2D eigenvalue weighted by Gasteiger charge is 2.32. The van der Waals surface area contributed by atoms with Crippen LogP contribution in [0.15, 0.2) is 77.9 Å². The van der Waals surface area contributed by atoms with Crippen LogP contribution in [0, 0.1) is 13.8 Å². The van der Waals surface area contributed by atoms with E-state index < -0.39 is 0 Å². The third-order valence-electron chi connectivity index (χ3n) is 5.21. The van der Waals surface area contributed by atoms with E-state index in [-0.39, 0.29) is 6.03 Å². The Kier molecular flexibility index (Phi) is 5.25. The molecule has 6 heteroatoms. The molecule has 0 saturated heterocycles. The predicted octanol–water partition coefficient (Wildman–Crippen LogP) is 4.83. The van der Waals surface area contributed by atoms with Gasteiger partial charge in [-0.3, -0.25) is 4.48 Å². The van der Waals surface area contributed by atoms with Gasteiger partial charge in [0.05, 0.1) is 32.5 Å². The first-order chi connectivity index (χ1) is 14.7. The first kappa shape index (κ1) is 20.6. The van der Waals surface area contributed by atoms with Crippen molar-refractivity contribution >= 4 is 28.9 Å². The summed E-state index contributed by atoms with van der Waals surface area (Å²) in [6, 6.07) is 23.3. The second kappa shape index (κ2) is 7.89. The highest BCUT2D eigenvalue weighted by atomic mass is 16.2. The molecule has 0 fully saturated rings. The molecule has 157 valence electrons. The Morgan fingerprint density at radius 3 is 1.65 bits per heavy atom. The van der Waals surface area contributed by atoms with Gasteiger partial charge in [-0.1, -0.05) is 35.4 Å². The number of nitrogens with zero attached hydrogens (tertiary/aromatic N) is 5. The van der Waals surface area contributed by atoms with Crippen LogP contribution in [0.1, 0.15) is 16.7 Å². The van der Waals surface area contributed by atoms with Crippen molar-refractivity contribution in [3.63, 3.8) is 0 Å². The molecule has 1 aliphatic rings. The van der Waals surface area contributed by atoms with Crippen LogP contribution < -0.4 is 19.9 Å². The maximum atomic E-state index is 13.3. The summed E-state index contributed by atoms with van der Waals surface area (Å²) in [6.07, 6.45) is 0. The van der Waals surface area contributed by atoms with Crippen LogP contribution in [0.25, 0.3) is 0 Å². The van der Waals surface area contributed by atoms with Gasteiger partial charge in [0, 0.05) is 5.56 Å². The summed E-state index contributed by atoms with van der Waals surface area (Å²) >= 11 is 0. The van der Waals surface area contributed by atoms with E-state index in [2.05, 4.69) is 43.8 Å². The molecule has 2 amide bonds. The summed E-state index contributed by atoms with van der Waals surface area (Å²) in [4.78, 5) is 13.3. The summed E-state index contributed by atoms with van der Waals surface area (Å²) < 4.78 is 0.716. The fourth-order valence-corrected chi connectivity index (χ4v) is 3.27. The molecule has 0 aromatic heterocycles.